The van der Waals surface area contributed by atoms with Crippen molar-refractivity contribution < 1.29 is 9.13 Å². The van der Waals surface area contributed by atoms with Crippen molar-refractivity contribution in [2.24, 2.45) is 5.92 Å². The van der Waals surface area contributed by atoms with Crippen LogP contribution in [0.5, 0.6) is 5.75 Å². The summed E-state index contributed by atoms with van der Waals surface area (Å²) in [5.41, 5.74) is 0. The minimum atomic E-state index is -0.292. The normalized spacial score (nSPS) is 10.8. The molecule has 1 aromatic rings. The van der Waals surface area contributed by atoms with Gasteiger partial charge < -0.3 is 10.1 Å². The average molecular weight is 290 g/mol. The van der Waals surface area contributed by atoms with Gasteiger partial charge in [0, 0.05) is 17.1 Å². The van der Waals surface area contributed by atoms with E-state index in [9.17, 15) is 4.39 Å². The smallest absolute Gasteiger partial charge is 0.128 e. The second-order valence-electron chi connectivity index (χ2n) is 4.05. The highest BCUT2D eigenvalue weighted by atomic mass is 79.9. The van der Waals surface area contributed by atoms with E-state index in [1.54, 1.807) is 6.07 Å². The van der Waals surface area contributed by atoms with E-state index >= 15 is 0 Å². The molecule has 0 heterocycles. The molecule has 0 radical (unpaired) electrons. The molecule has 0 aliphatic carbocycles. The lowest BCUT2D eigenvalue weighted by molar-refractivity contribution is 0.309. The summed E-state index contributed by atoms with van der Waals surface area (Å²) in [6.07, 6.45) is 0. The van der Waals surface area contributed by atoms with Crippen LogP contribution >= 0.6 is 15.9 Å². The zero-order valence-corrected chi connectivity index (χ0v) is 11.2. The van der Waals surface area contributed by atoms with Crippen molar-refractivity contribution in [2.45, 2.75) is 13.8 Å². The molecule has 4 heteroatoms. The summed E-state index contributed by atoms with van der Waals surface area (Å²) in [7, 11) is 0. The molecule has 16 heavy (non-hydrogen) atoms. The first-order valence-electron chi connectivity index (χ1n) is 5.37. The third-order valence-corrected chi connectivity index (χ3v) is 2.39. The lowest BCUT2D eigenvalue weighted by Crippen LogP contribution is -2.24. The Labute approximate surface area is 104 Å². The number of nitrogens with one attached hydrogen (secondary N) is 1. The summed E-state index contributed by atoms with van der Waals surface area (Å²) in [6.45, 7) is 6.58. The van der Waals surface area contributed by atoms with Crippen LogP contribution in [0.15, 0.2) is 22.7 Å². The third-order valence-electron chi connectivity index (χ3n) is 1.94. The van der Waals surface area contributed by atoms with Crippen molar-refractivity contribution in [2.75, 3.05) is 19.7 Å². The lowest BCUT2D eigenvalue weighted by Gasteiger charge is -2.09. The van der Waals surface area contributed by atoms with Crippen molar-refractivity contribution in [3.63, 3.8) is 0 Å². The molecule has 0 unspecified atom stereocenters. The Morgan fingerprint density at radius 1 is 1.38 bits per heavy atom. The third kappa shape index (κ3) is 5.47. The van der Waals surface area contributed by atoms with E-state index < -0.39 is 0 Å². The van der Waals surface area contributed by atoms with Crippen molar-refractivity contribution >= 4 is 15.9 Å². The monoisotopic (exact) mass is 289 g/mol. The largest absolute Gasteiger partial charge is 0.492 e. The first-order valence-corrected chi connectivity index (χ1v) is 6.17. The molecule has 0 aliphatic heterocycles. The van der Waals surface area contributed by atoms with E-state index in [2.05, 4.69) is 35.1 Å². The fraction of sp³-hybridized carbons (Fsp3) is 0.500. The molecule has 0 amide bonds. The quantitative estimate of drug-likeness (QED) is 0.812. The van der Waals surface area contributed by atoms with Gasteiger partial charge in [-0.15, -0.1) is 0 Å². The van der Waals surface area contributed by atoms with E-state index in [4.69, 9.17) is 4.74 Å². The number of halogens is 2. The highest BCUT2D eigenvalue weighted by Gasteiger charge is 1.99. The zero-order chi connectivity index (χ0) is 12.0. The highest BCUT2D eigenvalue weighted by molar-refractivity contribution is 9.10. The number of hydrogen-bond donors (Lipinski definition) is 1. The van der Waals surface area contributed by atoms with Gasteiger partial charge in [0.25, 0.3) is 0 Å². The fourth-order valence-electron chi connectivity index (χ4n) is 1.24. The van der Waals surface area contributed by atoms with Gasteiger partial charge in [-0.3, -0.25) is 0 Å². The van der Waals surface area contributed by atoms with Gasteiger partial charge in [0.15, 0.2) is 0 Å². The van der Waals surface area contributed by atoms with Crippen LogP contribution in [0.1, 0.15) is 13.8 Å². The van der Waals surface area contributed by atoms with Crippen molar-refractivity contribution in [3.05, 3.63) is 28.5 Å². The number of rotatable bonds is 6. The van der Waals surface area contributed by atoms with Gasteiger partial charge in [0.05, 0.1) is 0 Å². The van der Waals surface area contributed by atoms with Gasteiger partial charge in [-0.25, -0.2) is 4.39 Å². The van der Waals surface area contributed by atoms with Crippen molar-refractivity contribution in [3.8, 4) is 5.75 Å². The first kappa shape index (κ1) is 13.5. The minimum absolute atomic E-state index is 0.292. The van der Waals surface area contributed by atoms with E-state index in [0.717, 1.165) is 13.1 Å². The Bertz CT molecular complexity index is 311. The molecule has 0 fully saturated rings. The minimum Gasteiger partial charge on any atom is -0.492 e. The molecule has 0 saturated carbocycles. The van der Waals surface area contributed by atoms with Gasteiger partial charge in [-0.1, -0.05) is 29.8 Å². The Morgan fingerprint density at radius 2 is 2.12 bits per heavy atom. The zero-order valence-electron chi connectivity index (χ0n) is 9.59. The molecule has 0 spiro atoms. The number of hydrogen-bond acceptors (Lipinski definition) is 2. The number of benzene rings is 1. The maximum absolute atomic E-state index is 13.0. The highest BCUT2D eigenvalue weighted by Crippen LogP contribution is 2.20. The maximum Gasteiger partial charge on any atom is 0.128 e. The van der Waals surface area contributed by atoms with Gasteiger partial charge in [-0.05, 0) is 24.6 Å². The predicted molar refractivity (Wildman–Crippen MR) is 67.3 cm³/mol. The summed E-state index contributed by atoms with van der Waals surface area (Å²) < 4.78 is 19.1. The van der Waals surface area contributed by atoms with Crippen LogP contribution in [0.25, 0.3) is 0 Å². The Hall–Kier alpha value is -0.610. The summed E-state index contributed by atoms with van der Waals surface area (Å²) in [6, 6.07) is 4.54. The Morgan fingerprint density at radius 3 is 2.75 bits per heavy atom. The average Bonchev–Trinajstić information content (AvgIpc) is 2.15. The van der Waals surface area contributed by atoms with E-state index in [1.807, 2.05) is 0 Å². The molecule has 0 aromatic heterocycles. The molecule has 0 saturated heterocycles. The molecule has 1 N–H and O–H groups in total. The van der Waals surface area contributed by atoms with Crippen LogP contribution < -0.4 is 10.1 Å². The Balaban J connectivity index is 2.26. The summed E-state index contributed by atoms with van der Waals surface area (Å²) in [5.74, 6) is 0.890. The topological polar surface area (TPSA) is 21.3 Å². The number of ether oxygens (including phenoxy) is 1. The molecule has 2 nitrogen and oxygen atoms in total. The Kier molecular flexibility index (Phi) is 5.77. The molecule has 1 aromatic carbocycles. The summed E-state index contributed by atoms with van der Waals surface area (Å²) >= 11 is 3.22. The van der Waals surface area contributed by atoms with E-state index in [0.29, 0.717) is 22.7 Å². The van der Waals surface area contributed by atoms with Crippen LogP contribution in [-0.2, 0) is 0 Å². The first-order chi connectivity index (χ1) is 7.58. The summed E-state index contributed by atoms with van der Waals surface area (Å²) in [5, 5.41) is 3.25. The van der Waals surface area contributed by atoms with Gasteiger partial charge >= 0.3 is 0 Å². The standard InChI is InChI=1S/C12H17BrFNO/c1-9(2)8-15-3-4-16-12-6-10(13)5-11(14)7-12/h5-7,9,15H,3-4,8H2,1-2H3. The molecule has 0 atom stereocenters. The van der Waals surface area contributed by atoms with Crippen molar-refractivity contribution in [1.29, 1.82) is 0 Å². The van der Waals surface area contributed by atoms with Crippen molar-refractivity contribution in [1.82, 2.24) is 5.32 Å². The van der Waals surface area contributed by atoms with Crippen LogP contribution in [0.2, 0.25) is 0 Å². The molecule has 0 bridgehead atoms. The van der Waals surface area contributed by atoms with Crippen LogP contribution in [0.4, 0.5) is 4.39 Å². The molecular weight excluding hydrogens is 273 g/mol. The van der Waals surface area contributed by atoms with Gasteiger partial charge in [0.1, 0.15) is 18.2 Å². The molecular formula is C12H17BrFNO. The second-order valence-corrected chi connectivity index (χ2v) is 4.97. The van der Waals surface area contributed by atoms with E-state index in [-0.39, 0.29) is 5.82 Å². The van der Waals surface area contributed by atoms with Crippen LogP contribution in [0, 0.1) is 11.7 Å². The summed E-state index contributed by atoms with van der Waals surface area (Å²) in [4.78, 5) is 0. The van der Waals surface area contributed by atoms with Crippen LogP contribution in [0.3, 0.4) is 0 Å². The second kappa shape index (κ2) is 6.86. The van der Waals surface area contributed by atoms with Gasteiger partial charge in [-0.2, -0.15) is 0 Å². The SMILES string of the molecule is CC(C)CNCCOc1cc(F)cc(Br)c1. The van der Waals surface area contributed by atoms with Gasteiger partial charge in [0.2, 0.25) is 0 Å². The van der Waals surface area contributed by atoms with E-state index in [1.165, 1.54) is 12.1 Å². The molecule has 1 rings (SSSR count). The lowest BCUT2D eigenvalue weighted by atomic mass is 10.2. The fourth-order valence-corrected chi connectivity index (χ4v) is 1.69. The maximum atomic E-state index is 13.0. The predicted octanol–water partition coefficient (Wildman–Crippen LogP) is 3.21. The molecule has 0 aliphatic rings. The molecule has 90 valence electrons. The van der Waals surface area contributed by atoms with Crippen LogP contribution in [-0.4, -0.2) is 19.7 Å².